The number of nitrogens with two attached hydrogens (primary N) is 1. The summed E-state index contributed by atoms with van der Waals surface area (Å²) in [6.45, 7) is 3.51. The molecule has 0 bridgehead atoms. The molecular formula is C25H24N4O2S. The van der Waals surface area contributed by atoms with E-state index in [0.29, 0.717) is 0 Å². The molecule has 4 N–H and O–H groups in total. The molecule has 162 valence electrons. The average Bonchev–Trinajstić information content (AvgIpc) is 3.48. The fraction of sp³-hybridized carbons (Fsp3) is 0.0800. The molecule has 0 saturated carbocycles. The van der Waals surface area contributed by atoms with Gasteiger partial charge in [-0.2, -0.15) is 5.10 Å². The van der Waals surface area contributed by atoms with Gasteiger partial charge in [0.2, 0.25) is 5.91 Å². The van der Waals surface area contributed by atoms with Crippen molar-refractivity contribution in [2.45, 2.75) is 6.92 Å². The molecule has 0 aliphatic carbocycles. The van der Waals surface area contributed by atoms with Crippen molar-refractivity contribution in [3.05, 3.63) is 72.9 Å². The van der Waals surface area contributed by atoms with Crippen molar-refractivity contribution >= 4 is 50.7 Å². The van der Waals surface area contributed by atoms with Gasteiger partial charge in [0.25, 0.3) is 0 Å². The van der Waals surface area contributed by atoms with Gasteiger partial charge in [-0.05, 0) is 60.0 Å². The summed E-state index contributed by atoms with van der Waals surface area (Å²) < 4.78 is 1.27. The molecule has 0 fully saturated rings. The third-order valence-electron chi connectivity index (χ3n) is 4.78. The highest BCUT2D eigenvalue weighted by Gasteiger charge is 2.12. The first-order chi connectivity index (χ1) is 15.7. The Labute approximate surface area is 190 Å². The van der Waals surface area contributed by atoms with Crippen LogP contribution in [0.15, 0.2) is 72.9 Å². The summed E-state index contributed by atoms with van der Waals surface area (Å²) >= 11 is 1.79. The molecule has 32 heavy (non-hydrogen) atoms. The first-order valence-electron chi connectivity index (χ1n) is 9.88. The number of hydrogen-bond acceptors (Lipinski definition) is 5. The zero-order valence-corrected chi connectivity index (χ0v) is 18.7. The van der Waals surface area contributed by atoms with Gasteiger partial charge in [-0.25, -0.2) is 0 Å². The van der Waals surface area contributed by atoms with E-state index in [1.165, 1.54) is 28.9 Å². The summed E-state index contributed by atoms with van der Waals surface area (Å²) in [5, 5.41) is 12.5. The molecule has 3 aromatic carbocycles. The van der Waals surface area contributed by atoms with E-state index in [4.69, 9.17) is 4.79 Å². The molecule has 2 aromatic heterocycles. The van der Waals surface area contributed by atoms with Crippen molar-refractivity contribution < 1.29 is 9.59 Å². The Morgan fingerprint density at radius 3 is 2.38 bits per heavy atom. The van der Waals surface area contributed by atoms with Gasteiger partial charge in [0.15, 0.2) is 0 Å². The quantitative estimate of drug-likeness (QED) is 0.344. The van der Waals surface area contributed by atoms with E-state index in [1.54, 1.807) is 11.3 Å². The van der Waals surface area contributed by atoms with Crippen LogP contribution < -0.4 is 11.1 Å². The van der Waals surface area contributed by atoms with Gasteiger partial charge < -0.3 is 15.8 Å². The molecule has 2 heterocycles. The smallest absolute Gasteiger partial charge is 0.221 e. The predicted octanol–water partition coefficient (Wildman–Crippen LogP) is 5.46. The number of aromatic nitrogens is 2. The fourth-order valence-corrected chi connectivity index (χ4v) is 4.57. The standard InChI is InChI=1S/C23H17N3OS.CH5N.CH2O/c1-14(27)25-19-8-6-15(7-9-19)17-10-18-13-24-26-23(18)20(11-17)22-12-16-4-2-3-5-21(16)28-22;2*1-2/h2-13H,1H3,(H,24,26)(H,25,27);2H2,1H3;1H2. The van der Waals surface area contributed by atoms with Crippen LogP contribution in [0.2, 0.25) is 0 Å². The summed E-state index contributed by atoms with van der Waals surface area (Å²) in [7, 11) is 1.50. The van der Waals surface area contributed by atoms with E-state index in [2.05, 4.69) is 63.7 Å². The second-order valence-electron chi connectivity index (χ2n) is 6.77. The highest BCUT2D eigenvalue weighted by atomic mass is 32.1. The predicted molar refractivity (Wildman–Crippen MR) is 134 cm³/mol. The zero-order chi connectivity index (χ0) is 23.1. The number of fused-ring (bicyclic) bond motifs is 2. The van der Waals surface area contributed by atoms with Crippen LogP contribution in [-0.2, 0) is 9.59 Å². The van der Waals surface area contributed by atoms with E-state index in [1.807, 2.05) is 37.3 Å². The lowest BCUT2D eigenvalue weighted by Crippen LogP contribution is -2.05. The van der Waals surface area contributed by atoms with Crippen molar-refractivity contribution in [1.82, 2.24) is 10.2 Å². The Kier molecular flexibility index (Phi) is 7.49. The minimum Gasteiger partial charge on any atom is -0.333 e. The number of carbonyl (C=O) groups is 2. The summed E-state index contributed by atoms with van der Waals surface area (Å²) in [5.41, 5.74) is 9.71. The van der Waals surface area contributed by atoms with Gasteiger partial charge in [0.05, 0.1) is 11.7 Å². The number of amides is 1. The fourth-order valence-electron chi connectivity index (χ4n) is 3.48. The number of nitrogens with one attached hydrogen (secondary N) is 2. The number of thiophene rings is 1. The summed E-state index contributed by atoms with van der Waals surface area (Å²) in [6, 6.07) is 22.9. The van der Waals surface area contributed by atoms with Crippen LogP contribution in [0.4, 0.5) is 5.69 Å². The molecule has 0 aliphatic rings. The Morgan fingerprint density at radius 2 is 1.69 bits per heavy atom. The van der Waals surface area contributed by atoms with Crippen molar-refractivity contribution in [3.63, 3.8) is 0 Å². The molecule has 7 heteroatoms. The number of benzene rings is 3. The topological polar surface area (TPSA) is 101 Å². The van der Waals surface area contributed by atoms with Crippen LogP contribution in [0.1, 0.15) is 6.92 Å². The maximum absolute atomic E-state index is 11.2. The number of rotatable bonds is 3. The monoisotopic (exact) mass is 444 g/mol. The van der Waals surface area contributed by atoms with Crippen molar-refractivity contribution in [1.29, 1.82) is 0 Å². The first kappa shape index (κ1) is 22.9. The molecule has 0 spiro atoms. The van der Waals surface area contributed by atoms with Crippen LogP contribution in [0.25, 0.3) is 42.6 Å². The van der Waals surface area contributed by atoms with Crippen LogP contribution >= 0.6 is 11.3 Å². The molecule has 1 amide bonds. The maximum atomic E-state index is 11.2. The Bertz CT molecular complexity index is 1310. The number of aromatic amines is 1. The van der Waals surface area contributed by atoms with Crippen LogP contribution in [0, 0.1) is 0 Å². The van der Waals surface area contributed by atoms with E-state index in [-0.39, 0.29) is 5.91 Å². The third-order valence-corrected chi connectivity index (χ3v) is 5.93. The molecule has 0 aliphatic heterocycles. The van der Waals surface area contributed by atoms with Crippen molar-refractivity contribution in [3.8, 4) is 21.6 Å². The van der Waals surface area contributed by atoms with E-state index in [9.17, 15) is 4.79 Å². The number of carbonyl (C=O) groups excluding carboxylic acids is 2. The second-order valence-corrected chi connectivity index (χ2v) is 7.85. The molecule has 0 radical (unpaired) electrons. The minimum absolute atomic E-state index is 0.0698. The highest BCUT2D eigenvalue weighted by Crippen LogP contribution is 2.39. The lowest BCUT2D eigenvalue weighted by atomic mass is 9.99. The summed E-state index contributed by atoms with van der Waals surface area (Å²) in [6.07, 6.45) is 1.86. The van der Waals surface area contributed by atoms with Crippen LogP contribution in [0.5, 0.6) is 0 Å². The average molecular weight is 445 g/mol. The lowest BCUT2D eigenvalue weighted by molar-refractivity contribution is -0.114. The number of nitrogens with zero attached hydrogens (tertiary/aromatic N) is 1. The Hall–Kier alpha value is -3.81. The minimum atomic E-state index is -0.0698. The van der Waals surface area contributed by atoms with Gasteiger partial charge in [-0.1, -0.05) is 30.3 Å². The molecule has 5 rings (SSSR count). The molecular weight excluding hydrogens is 420 g/mol. The SMILES string of the molecule is C=O.CC(=O)Nc1ccc(-c2cc(-c3cc4ccccc4s3)c3[nH]ncc3c2)cc1.CN. The molecule has 0 saturated heterocycles. The summed E-state index contributed by atoms with van der Waals surface area (Å²) in [5.74, 6) is -0.0698. The van der Waals surface area contributed by atoms with Gasteiger partial charge in [0, 0.05) is 33.1 Å². The van der Waals surface area contributed by atoms with Gasteiger partial charge in [-0.3, -0.25) is 9.89 Å². The van der Waals surface area contributed by atoms with E-state index < -0.39 is 0 Å². The Morgan fingerprint density at radius 1 is 0.969 bits per heavy atom. The first-order valence-corrected chi connectivity index (χ1v) is 10.7. The van der Waals surface area contributed by atoms with Crippen molar-refractivity contribution in [2.75, 3.05) is 12.4 Å². The largest absolute Gasteiger partial charge is 0.333 e. The van der Waals surface area contributed by atoms with Gasteiger partial charge in [0.1, 0.15) is 6.79 Å². The second kappa shape index (κ2) is 10.5. The molecule has 6 nitrogen and oxygen atoms in total. The zero-order valence-electron chi connectivity index (χ0n) is 17.9. The lowest BCUT2D eigenvalue weighted by Gasteiger charge is -2.08. The maximum Gasteiger partial charge on any atom is 0.221 e. The molecule has 0 atom stereocenters. The molecule has 0 unspecified atom stereocenters. The normalized spacial score (nSPS) is 10.1. The molecule has 5 aromatic rings. The summed E-state index contributed by atoms with van der Waals surface area (Å²) in [4.78, 5) is 20.5. The van der Waals surface area contributed by atoms with Gasteiger partial charge >= 0.3 is 0 Å². The van der Waals surface area contributed by atoms with E-state index in [0.717, 1.165) is 33.3 Å². The number of H-pyrrole nitrogens is 1. The number of anilines is 1. The van der Waals surface area contributed by atoms with Gasteiger partial charge in [-0.15, -0.1) is 11.3 Å². The number of hydrogen-bond donors (Lipinski definition) is 3. The highest BCUT2D eigenvalue weighted by molar-refractivity contribution is 7.22. The van der Waals surface area contributed by atoms with Crippen molar-refractivity contribution in [2.24, 2.45) is 5.73 Å². The Balaban J connectivity index is 0.000000686. The van der Waals surface area contributed by atoms with E-state index >= 15 is 0 Å². The van der Waals surface area contributed by atoms with Crippen LogP contribution in [-0.4, -0.2) is 29.9 Å². The van der Waals surface area contributed by atoms with Crippen LogP contribution in [0.3, 0.4) is 0 Å². The third kappa shape index (κ3) is 4.74.